The summed E-state index contributed by atoms with van der Waals surface area (Å²) in [5.41, 5.74) is 1.01. The first kappa shape index (κ1) is 26.5. The Balaban J connectivity index is 1.27. The number of carboxylic acid groups (broad SMARTS) is 1. The number of carbonyl (C=O) groups is 3. The molecule has 0 spiro atoms. The van der Waals surface area contributed by atoms with Crippen LogP contribution in [0.2, 0.25) is 0 Å². The molecule has 212 valence electrons. The minimum atomic E-state index is -1.14. The summed E-state index contributed by atoms with van der Waals surface area (Å²) in [5.74, 6) is -1.64. The molecule has 0 radical (unpaired) electrons. The second kappa shape index (κ2) is 9.87. The molecule has 2 aliphatic carbocycles. The first-order chi connectivity index (χ1) is 19.7. The molecule has 41 heavy (non-hydrogen) atoms. The zero-order valence-electron chi connectivity index (χ0n) is 22.6. The molecule has 2 aromatic carbocycles. The number of hydrogen-bond donors (Lipinski definition) is 2. The molecule has 7 unspecified atom stereocenters. The maximum absolute atomic E-state index is 13.9. The minimum Gasteiger partial charge on any atom is -0.480 e. The highest BCUT2D eigenvalue weighted by molar-refractivity contribution is 8.00. The summed E-state index contributed by atoms with van der Waals surface area (Å²) < 4.78 is 6.14. The average Bonchev–Trinajstić information content (AvgIpc) is 3.67. The van der Waals surface area contributed by atoms with Crippen LogP contribution >= 0.6 is 23.1 Å². The van der Waals surface area contributed by atoms with Crippen LogP contribution in [-0.4, -0.2) is 44.1 Å². The van der Waals surface area contributed by atoms with Crippen molar-refractivity contribution >= 4 is 40.9 Å². The summed E-state index contributed by atoms with van der Waals surface area (Å²) in [6.45, 7) is 3.80. The first-order valence-corrected chi connectivity index (χ1v) is 15.7. The molecular weight excluding hydrogens is 560 g/mol. The maximum Gasteiger partial charge on any atom is 0.326 e. The van der Waals surface area contributed by atoms with E-state index >= 15 is 0 Å². The van der Waals surface area contributed by atoms with Crippen molar-refractivity contribution in [3.05, 3.63) is 74.7 Å². The largest absolute Gasteiger partial charge is 0.480 e. The van der Waals surface area contributed by atoms with Crippen LogP contribution in [0.4, 0.5) is 0 Å². The Morgan fingerprint density at radius 3 is 2.44 bits per heavy atom. The molecule has 8 nitrogen and oxygen atoms in total. The van der Waals surface area contributed by atoms with E-state index in [1.165, 1.54) is 11.3 Å². The SMILES string of the molecule is CC(C)CC(C(=O)O)N1C(=O)C2C3CC(C2C1=O)C1C3Sc2[nH]c(=O)sc2[C@@H]1c1cccc(Oc2ccccc2)c1. The van der Waals surface area contributed by atoms with Crippen molar-refractivity contribution in [3.8, 4) is 11.5 Å². The predicted molar refractivity (Wildman–Crippen MR) is 154 cm³/mol. The molecule has 2 amide bonds. The van der Waals surface area contributed by atoms with E-state index in [9.17, 15) is 24.3 Å². The number of aliphatic carboxylic acids is 1. The summed E-state index contributed by atoms with van der Waals surface area (Å²) in [5, 5.41) is 10.8. The number of hydrogen-bond acceptors (Lipinski definition) is 7. The summed E-state index contributed by atoms with van der Waals surface area (Å²) in [6, 6.07) is 16.3. The number of amides is 2. The van der Waals surface area contributed by atoms with Gasteiger partial charge in [-0.2, -0.15) is 0 Å². The van der Waals surface area contributed by atoms with Crippen LogP contribution in [0.1, 0.15) is 43.0 Å². The van der Waals surface area contributed by atoms with Crippen molar-refractivity contribution in [2.24, 2.45) is 35.5 Å². The zero-order chi connectivity index (χ0) is 28.6. The Kier molecular flexibility index (Phi) is 6.39. The Morgan fingerprint density at radius 2 is 1.73 bits per heavy atom. The van der Waals surface area contributed by atoms with Gasteiger partial charge in [0.05, 0.1) is 16.9 Å². The van der Waals surface area contributed by atoms with Gasteiger partial charge in [-0.15, -0.1) is 11.8 Å². The van der Waals surface area contributed by atoms with E-state index in [1.54, 1.807) is 11.8 Å². The molecule has 4 aliphatic rings. The highest BCUT2D eigenvalue weighted by atomic mass is 32.2. The summed E-state index contributed by atoms with van der Waals surface area (Å²) >= 11 is 2.83. The van der Waals surface area contributed by atoms with Crippen LogP contribution in [-0.2, 0) is 14.4 Å². The van der Waals surface area contributed by atoms with Gasteiger partial charge in [-0.3, -0.25) is 19.3 Å². The van der Waals surface area contributed by atoms with Crippen molar-refractivity contribution in [3.63, 3.8) is 0 Å². The number of ether oxygens (including phenoxy) is 1. The van der Waals surface area contributed by atoms with E-state index in [2.05, 4.69) is 4.98 Å². The number of aromatic amines is 1. The van der Waals surface area contributed by atoms with Crippen LogP contribution in [0.5, 0.6) is 11.5 Å². The molecule has 10 heteroatoms. The van der Waals surface area contributed by atoms with Gasteiger partial charge in [0.15, 0.2) is 0 Å². The summed E-state index contributed by atoms with van der Waals surface area (Å²) in [6.07, 6.45) is 0.985. The lowest BCUT2D eigenvalue weighted by Gasteiger charge is -2.43. The number of para-hydroxylation sites is 1. The number of thiazole rings is 1. The Hall–Kier alpha value is -3.37. The molecule has 2 aliphatic heterocycles. The molecular formula is C31H30N2O6S2. The van der Waals surface area contributed by atoms with Crippen molar-refractivity contribution in [2.75, 3.05) is 0 Å². The fraction of sp³-hybridized carbons (Fsp3) is 0.419. The number of imide groups is 1. The normalized spacial score (nSPS) is 30.3. The van der Waals surface area contributed by atoms with Gasteiger partial charge in [0.1, 0.15) is 17.5 Å². The number of aromatic nitrogens is 1. The predicted octanol–water partition coefficient (Wildman–Crippen LogP) is 5.20. The van der Waals surface area contributed by atoms with Gasteiger partial charge in [0.25, 0.3) is 0 Å². The van der Waals surface area contributed by atoms with E-state index in [-0.39, 0.29) is 57.9 Å². The number of fused-ring (bicyclic) bond motifs is 9. The number of rotatable bonds is 7. The lowest BCUT2D eigenvalue weighted by molar-refractivity contribution is -0.156. The lowest BCUT2D eigenvalue weighted by atomic mass is 9.68. The third-order valence-electron chi connectivity index (χ3n) is 9.25. The van der Waals surface area contributed by atoms with Gasteiger partial charge in [-0.05, 0) is 66.3 Å². The molecule has 8 atom stereocenters. The van der Waals surface area contributed by atoms with Crippen LogP contribution in [0.15, 0.2) is 64.4 Å². The van der Waals surface area contributed by atoms with E-state index in [0.29, 0.717) is 5.75 Å². The number of carboxylic acids is 1. The highest BCUT2D eigenvalue weighted by Crippen LogP contribution is 2.68. The van der Waals surface area contributed by atoms with E-state index < -0.39 is 23.8 Å². The number of nitrogens with zero attached hydrogens (tertiary/aromatic N) is 1. The highest BCUT2D eigenvalue weighted by Gasteiger charge is 2.70. The molecule has 2 saturated carbocycles. The Labute approximate surface area is 245 Å². The number of H-pyrrole nitrogens is 1. The Bertz CT molecular complexity index is 1600. The smallest absolute Gasteiger partial charge is 0.326 e. The number of likely N-dealkylation sites (tertiary alicyclic amines) is 1. The Morgan fingerprint density at radius 1 is 1.02 bits per heavy atom. The van der Waals surface area contributed by atoms with Gasteiger partial charge >= 0.3 is 10.8 Å². The first-order valence-electron chi connectivity index (χ1n) is 14.0. The molecule has 3 fully saturated rings. The molecule has 7 rings (SSSR count). The fourth-order valence-corrected chi connectivity index (χ4v) is 10.8. The second-order valence-electron chi connectivity index (χ2n) is 12.0. The van der Waals surface area contributed by atoms with Crippen molar-refractivity contribution < 1.29 is 24.2 Å². The number of benzene rings is 2. The molecule has 3 aromatic rings. The van der Waals surface area contributed by atoms with Gasteiger partial charge in [-0.1, -0.05) is 55.5 Å². The van der Waals surface area contributed by atoms with Crippen LogP contribution < -0.4 is 9.61 Å². The zero-order valence-corrected chi connectivity index (χ0v) is 24.2. The number of nitrogens with one attached hydrogen (secondary N) is 1. The van der Waals surface area contributed by atoms with Gasteiger partial charge in [-0.25, -0.2) is 4.79 Å². The standard InChI is InChI=1S/C31H30N2O6S2/c1-14(2)11-20(30(36)37)33-28(34)23-18-13-19(24(23)29(33)35)25-22(18)21(26-27(40-25)32-31(38)41-26)15-7-6-10-17(12-15)39-16-8-4-3-5-9-16/h3-10,12,14,18-25H,11,13H2,1-2H3,(H,32,38)(H,36,37)/t18?,19?,20?,21-,22?,23?,24?,25?/m1/s1. The second-order valence-corrected chi connectivity index (χ2v) is 14.2. The van der Waals surface area contributed by atoms with E-state index in [4.69, 9.17) is 4.74 Å². The lowest BCUT2D eigenvalue weighted by Crippen LogP contribution is -2.47. The maximum atomic E-state index is 13.9. The van der Waals surface area contributed by atoms with Crippen molar-refractivity contribution in [2.45, 2.75) is 48.9 Å². The monoisotopic (exact) mass is 590 g/mol. The third kappa shape index (κ3) is 4.17. The van der Waals surface area contributed by atoms with Crippen LogP contribution in [0.25, 0.3) is 0 Å². The van der Waals surface area contributed by atoms with Crippen molar-refractivity contribution in [1.29, 1.82) is 0 Å². The van der Waals surface area contributed by atoms with Crippen molar-refractivity contribution in [1.82, 2.24) is 9.88 Å². The summed E-state index contributed by atoms with van der Waals surface area (Å²) in [7, 11) is 0. The van der Waals surface area contributed by atoms with Crippen LogP contribution in [0, 0.1) is 35.5 Å². The fourth-order valence-electron chi connectivity index (χ4n) is 7.88. The number of thioether (sulfide) groups is 1. The van der Waals surface area contributed by atoms with Gasteiger partial charge < -0.3 is 14.8 Å². The summed E-state index contributed by atoms with van der Waals surface area (Å²) in [4.78, 5) is 57.4. The third-order valence-corrected chi connectivity index (χ3v) is 11.8. The molecule has 1 aromatic heterocycles. The molecule has 3 heterocycles. The topological polar surface area (TPSA) is 117 Å². The average molecular weight is 591 g/mol. The van der Waals surface area contributed by atoms with E-state index in [1.807, 2.05) is 68.4 Å². The number of carbonyl (C=O) groups excluding carboxylic acids is 2. The van der Waals surface area contributed by atoms with Gasteiger partial charge in [0.2, 0.25) is 11.8 Å². The van der Waals surface area contributed by atoms with E-state index in [0.717, 1.165) is 32.5 Å². The van der Waals surface area contributed by atoms with Gasteiger partial charge in [0, 0.05) is 16.0 Å². The molecule has 1 saturated heterocycles. The quantitative estimate of drug-likeness (QED) is 0.363. The molecule has 2 bridgehead atoms. The minimum absolute atomic E-state index is 0.0228. The molecule has 2 N–H and O–H groups in total. The van der Waals surface area contributed by atoms with Crippen LogP contribution in [0.3, 0.4) is 0 Å².